The van der Waals surface area contributed by atoms with E-state index in [9.17, 15) is 0 Å². The molecule has 4 N–H and O–H groups in total. The highest BCUT2D eigenvalue weighted by atomic mass is 16.4. The third-order valence-electron chi connectivity index (χ3n) is 2.65. The first-order chi connectivity index (χ1) is 7.65. The first kappa shape index (κ1) is 12.5. The van der Waals surface area contributed by atoms with E-state index in [0.29, 0.717) is 6.54 Å². The normalized spacial score (nSPS) is 15.8. The Kier molecular flexibility index (Phi) is 4.79. The molecular formula is C12H19N3O. The second-order valence-electron chi connectivity index (χ2n) is 3.97. The maximum absolute atomic E-state index is 8.52. The second-order valence-corrected chi connectivity index (χ2v) is 3.97. The van der Waals surface area contributed by atoms with E-state index in [1.54, 1.807) is 0 Å². The zero-order valence-electron chi connectivity index (χ0n) is 9.72. The van der Waals surface area contributed by atoms with Gasteiger partial charge in [0.15, 0.2) is 0 Å². The molecule has 0 heterocycles. The molecule has 88 valence electrons. The summed E-state index contributed by atoms with van der Waals surface area (Å²) in [6.45, 7) is 4.69. The molecule has 0 aliphatic rings. The van der Waals surface area contributed by atoms with E-state index < -0.39 is 0 Å². The Balaban J connectivity index is 2.45. The molecular weight excluding hydrogens is 202 g/mol. The summed E-state index contributed by atoms with van der Waals surface area (Å²) >= 11 is 0. The summed E-state index contributed by atoms with van der Waals surface area (Å²) in [5.41, 5.74) is 6.73. The Morgan fingerprint density at radius 1 is 1.38 bits per heavy atom. The topological polar surface area (TPSA) is 70.6 Å². The van der Waals surface area contributed by atoms with Gasteiger partial charge < -0.3 is 16.3 Å². The van der Waals surface area contributed by atoms with Crippen molar-refractivity contribution in [1.82, 2.24) is 5.32 Å². The minimum absolute atomic E-state index is 0.0242. The second kappa shape index (κ2) is 6.12. The molecule has 0 bridgehead atoms. The zero-order valence-corrected chi connectivity index (χ0v) is 9.72. The Morgan fingerprint density at radius 3 is 2.56 bits per heavy atom. The summed E-state index contributed by atoms with van der Waals surface area (Å²) < 4.78 is 0. The number of amidine groups is 1. The van der Waals surface area contributed by atoms with Gasteiger partial charge in [-0.3, -0.25) is 0 Å². The van der Waals surface area contributed by atoms with Crippen molar-refractivity contribution < 1.29 is 5.21 Å². The lowest BCUT2D eigenvalue weighted by Gasteiger charge is -2.17. The van der Waals surface area contributed by atoms with Gasteiger partial charge in [0.1, 0.15) is 5.84 Å². The third-order valence-corrected chi connectivity index (χ3v) is 2.65. The molecule has 0 aromatic heterocycles. The van der Waals surface area contributed by atoms with Crippen LogP contribution in [0.2, 0.25) is 0 Å². The predicted molar refractivity (Wildman–Crippen MR) is 65.4 cm³/mol. The van der Waals surface area contributed by atoms with Crippen LogP contribution in [-0.4, -0.2) is 17.6 Å². The van der Waals surface area contributed by atoms with Gasteiger partial charge in [0, 0.05) is 18.5 Å². The maximum atomic E-state index is 8.52. The van der Waals surface area contributed by atoms with Gasteiger partial charge in [-0.1, -0.05) is 42.4 Å². The van der Waals surface area contributed by atoms with E-state index >= 15 is 0 Å². The number of rotatable bonds is 5. The molecule has 0 saturated carbocycles. The lowest BCUT2D eigenvalue weighted by Crippen LogP contribution is -2.32. The highest BCUT2D eigenvalue weighted by Gasteiger charge is 2.10. The molecule has 1 aromatic carbocycles. The summed E-state index contributed by atoms with van der Waals surface area (Å²) in [6.07, 6.45) is 0. The van der Waals surface area contributed by atoms with Crippen molar-refractivity contribution >= 4 is 5.84 Å². The number of nitrogens with two attached hydrogens (primary N) is 1. The zero-order chi connectivity index (χ0) is 12.0. The average Bonchev–Trinajstić information content (AvgIpc) is 2.35. The summed E-state index contributed by atoms with van der Waals surface area (Å²) in [7, 11) is 0. The Bertz CT molecular complexity index is 337. The minimum Gasteiger partial charge on any atom is -0.409 e. The van der Waals surface area contributed by atoms with Crippen LogP contribution in [0.4, 0.5) is 0 Å². The number of hydrogen-bond acceptors (Lipinski definition) is 3. The molecule has 0 fully saturated rings. The summed E-state index contributed by atoms with van der Waals surface area (Å²) in [5, 5.41) is 14.9. The molecule has 0 spiro atoms. The number of hydrogen-bond donors (Lipinski definition) is 3. The van der Waals surface area contributed by atoms with Crippen molar-refractivity contribution in [1.29, 1.82) is 0 Å². The summed E-state index contributed by atoms with van der Waals surface area (Å²) in [5.74, 6) is 0.281. The van der Waals surface area contributed by atoms with Crippen LogP contribution < -0.4 is 11.1 Å². The minimum atomic E-state index is 0.0242. The van der Waals surface area contributed by atoms with E-state index in [2.05, 4.69) is 29.5 Å². The van der Waals surface area contributed by atoms with Crippen LogP contribution in [0.3, 0.4) is 0 Å². The van der Waals surface area contributed by atoms with Crippen molar-refractivity contribution in [2.75, 3.05) is 6.54 Å². The highest BCUT2D eigenvalue weighted by molar-refractivity contribution is 5.82. The molecule has 2 atom stereocenters. The molecule has 16 heavy (non-hydrogen) atoms. The number of nitrogens with zero attached hydrogens (tertiary/aromatic N) is 1. The summed E-state index contributed by atoms with van der Waals surface area (Å²) in [6, 6.07) is 10.4. The smallest absolute Gasteiger partial charge is 0.143 e. The number of oxime groups is 1. The quantitative estimate of drug-likeness (QED) is 0.307. The van der Waals surface area contributed by atoms with Gasteiger partial charge in [0.25, 0.3) is 0 Å². The number of nitrogens with one attached hydrogen (secondary N) is 1. The Hall–Kier alpha value is -1.55. The van der Waals surface area contributed by atoms with Crippen molar-refractivity contribution in [3.05, 3.63) is 35.9 Å². The SMILES string of the molecule is CC(CNC(C)c1ccccc1)C(N)=NO. The van der Waals surface area contributed by atoms with E-state index in [0.717, 1.165) is 0 Å². The first-order valence-corrected chi connectivity index (χ1v) is 5.41. The standard InChI is InChI=1S/C12H19N3O/c1-9(12(13)15-16)8-14-10(2)11-6-4-3-5-7-11/h3-7,9-10,14,16H,8H2,1-2H3,(H2,13,15). The maximum Gasteiger partial charge on any atom is 0.143 e. The highest BCUT2D eigenvalue weighted by Crippen LogP contribution is 2.11. The van der Waals surface area contributed by atoms with Gasteiger partial charge in [0.2, 0.25) is 0 Å². The molecule has 1 aromatic rings. The fourth-order valence-corrected chi connectivity index (χ4v) is 1.42. The molecule has 1 rings (SSSR count). The first-order valence-electron chi connectivity index (χ1n) is 5.41. The Labute approximate surface area is 96.2 Å². The molecule has 0 aliphatic heterocycles. The molecule has 0 amide bonds. The van der Waals surface area contributed by atoms with Crippen LogP contribution in [0.1, 0.15) is 25.5 Å². The van der Waals surface area contributed by atoms with Crippen LogP contribution in [0, 0.1) is 5.92 Å². The third kappa shape index (κ3) is 3.55. The molecule has 0 saturated heterocycles. The van der Waals surface area contributed by atoms with Gasteiger partial charge in [-0.05, 0) is 12.5 Å². The van der Waals surface area contributed by atoms with Crippen molar-refractivity contribution in [2.45, 2.75) is 19.9 Å². The molecule has 4 nitrogen and oxygen atoms in total. The van der Waals surface area contributed by atoms with Crippen molar-refractivity contribution in [3.8, 4) is 0 Å². The largest absolute Gasteiger partial charge is 0.409 e. The number of benzene rings is 1. The van der Waals surface area contributed by atoms with Crippen molar-refractivity contribution in [2.24, 2.45) is 16.8 Å². The van der Waals surface area contributed by atoms with E-state index in [1.807, 2.05) is 25.1 Å². The van der Waals surface area contributed by atoms with E-state index in [1.165, 1.54) is 5.56 Å². The van der Waals surface area contributed by atoms with Gasteiger partial charge in [-0.25, -0.2) is 0 Å². The van der Waals surface area contributed by atoms with Gasteiger partial charge in [-0.2, -0.15) is 0 Å². The summed E-state index contributed by atoms with van der Waals surface area (Å²) in [4.78, 5) is 0. The lowest BCUT2D eigenvalue weighted by atomic mass is 10.1. The van der Waals surface area contributed by atoms with Crippen LogP contribution in [0.15, 0.2) is 35.5 Å². The molecule has 0 aliphatic carbocycles. The Morgan fingerprint density at radius 2 is 2.00 bits per heavy atom. The van der Waals surface area contributed by atoms with Crippen LogP contribution >= 0.6 is 0 Å². The average molecular weight is 221 g/mol. The fourth-order valence-electron chi connectivity index (χ4n) is 1.42. The fraction of sp³-hybridized carbons (Fsp3) is 0.417. The lowest BCUT2D eigenvalue weighted by molar-refractivity contribution is 0.313. The molecule has 2 unspecified atom stereocenters. The molecule has 0 radical (unpaired) electrons. The van der Waals surface area contributed by atoms with Crippen LogP contribution in [-0.2, 0) is 0 Å². The van der Waals surface area contributed by atoms with Gasteiger partial charge >= 0.3 is 0 Å². The van der Waals surface area contributed by atoms with Crippen molar-refractivity contribution in [3.63, 3.8) is 0 Å². The van der Waals surface area contributed by atoms with Gasteiger partial charge in [0.05, 0.1) is 0 Å². The van der Waals surface area contributed by atoms with E-state index in [4.69, 9.17) is 10.9 Å². The molecule has 4 heteroatoms. The predicted octanol–water partition coefficient (Wildman–Crippen LogP) is 1.72. The van der Waals surface area contributed by atoms with E-state index in [-0.39, 0.29) is 17.8 Å². The monoisotopic (exact) mass is 221 g/mol. The van der Waals surface area contributed by atoms with Gasteiger partial charge in [-0.15, -0.1) is 0 Å². The van der Waals surface area contributed by atoms with Crippen LogP contribution in [0.25, 0.3) is 0 Å². The van der Waals surface area contributed by atoms with Crippen LogP contribution in [0.5, 0.6) is 0 Å².